The van der Waals surface area contributed by atoms with Gasteiger partial charge >= 0.3 is 42.7 Å². The first kappa shape index (κ1) is 86.6. The van der Waals surface area contributed by atoms with Gasteiger partial charge in [-0.25, -0.2) is 4.99 Å². The van der Waals surface area contributed by atoms with Gasteiger partial charge in [0.15, 0.2) is 45.5 Å². The van der Waals surface area contributed by atoms with E-state index in [1.165, 1.54) is 22.0 Å². The molecule has 630 valence electrons. The van der Waals surface area contributed by atoms with Gasteiger partial charge in [0.05, 0.1) is 21.5 Å². The smallest absolute Gasteiger partial charge is 0.423 e. The highest BCUT2D eigenvalue weighted by atomic mass is 16.4. The van der Waals surface area contributed by atoms with Crippen molar-refractivity contribution in [2.45, 2.75) is 52.1 Å². The zero-order chi connectivity index (χ0) is 89.6. The number of nitrogens with zero attached hydrogens (tertiary/aromatic N) is 6. The lowest BCUT2D eigenvalue weighted by atomic mass is 9.77. The van der Waals surface area contributed by atoms with Gasteiger partial charge in [-0.15, -0.1) is 0 Å². The van der Waals surface area contributed by atoms with E-state index in [0.717, 1.165) is 133 Å². The highest BCUT2D eigenvalue weighted by Gasteiger charge is 2.41. The number of fused-ring (bicyclic) bond motifs is 11. The van der Waals surface area contributed by atoms with Crippen LogP contribution < -0.4 is 60.6 Å². The van der Waals surface area contributed by atoms with Gasteiger partial charge in [-0.05, 0) is 81.3 Å². The third kappa shape index (κ3) is 17.5. The minimum atomic E-state index is -1.57. The molecule has 0 saturated heterocycles. The van der Waals surface area contributed by atoms with E-state index in [4.69, 9.17) is 0 Å². The standard InChI is InChI=1S/C40H32B2N2O4.C26H24B2N2O4.C20H17BNO2.C19H18BN2O2/c45-41(46)33-19-7-1-13-27(33)25-43-35-21-9-3-15-29(35)39(30-16-4-10-22-36(30)43)40-31-17-5-11-23-37(31)44(38-24-12-6-18-32(38)40)26-28-14-2-8-20-34(28)42(47)48;31-27(32)21-11-3-1-9-19(21)17-29-23-13-5-7-15-25(23)30(26-16-8-6-14-24(26)29)18-20-10-2-4-12-22(20)28(33)34;23-21(24)18-10-4-1-9-17(18)14-22-19-11-5-2-7-15(19)13-16-8-3-6-12-20(16)22;1-13-19-16(15-7-3-5-9-18(15)21-19)10-11-22(13)12-14-6-2-4-8-17(14)20(23)24/h1-24,45-48H,25-26H2;1-16,31-34H,17-18H2;1-13,23-24H,14H2;2-11,16,23-24H,12H2,1H3/q2*+2;2*+1/p+1. The lowest BCUT2D eigenvalue weighted by molar-refractivity contribution is -0.675. The number of hydrogen-bond acceptors (Lipinski definition) is 12. The maximum atomic E-state index is 10.2. The first-order valence-corrected chi connectivity index (χ1v) is 43.3. The molecular weight excluding hydrogens is 1620 g/mol. The van der Waals surface area contributed by atoms with Crippen molar-refractivity contribution in [1.82, 2.24) is 0 Å². The van der Waals surface area contributed by atoms with Crippen LogP contribution in [0.25, 0.3) is 98.6 Å². The Morgan fingerprint density at radius 1 is 0.246 bits per heavy atom. The molecule has 130 heavy (non-hydrogen) atoms. The number of nitrogens with one attached hydrogen (secondary N) is 1. The van der Waals surface area contributed by atoms with E-state index in [-0.39, 0.29) is 5.92 Å². The topological polar surface area (TPSA) is 279 Å². The van der Waals surface area contributed by atoms with Gasteiger partial charge in [-0.2, -0.15) is 27.4 Å². The van der Waals surface area contributed by atoms with Crippen molar-refractivity contribution in [3.05, 3.63) is 421 Å². The van der Waals surface area contributed by atoms with E-state index >= 15 is 0 Å². The largest absolute Gasteiger partial charge is 0.488 e. The zero-order valence-electron chi connectivity index (χ0n) is 71.2. The molecule has 0 amide bonds. The molecule has 13 N–H and O–H groups in total. The molecule has 6 heterocycles. The minimum absolute atomic E-state index is 0.274. The first-order valence-electron chi connectivity index (χ1n) is 43.3. The molecule has 4 aromatic heterocycles. The van der Waals surface area contributed by atoms with Crippen molar-refractivity contribution < 1.29 is 92.7 Å². The lowest BCUT2D eigenvalue weighted by Gasteiger charge is -2.17. The highest BCUT2D eigenvalue weighted by Crippen LogP contribution is 2.42. The number of benzene rings is 15. The van der Waals surface area contributed by atoms with E-state index in [1.807, 2.05) is 200 Å². The molecule has 1 atom stereocenters. The Balaban J connectivity index is 0.000000122. The van der Waals surface area contributed by atoms with Crippen LogP contribution in [0.15, 0.2) is 382 Å². The minimum Gasteiger partial charge on any atom is -0.423 e. The molecule has 19 nitrogen and oxygen atoms in total. The Labute approximate surface area is 752 Å². The summed E-state index contributed by atoms with van der Waals surface area (Å²) < 4.78 is 13.3. The van der Waals surface area contributed by atoms with E-state index in [1.54, 1.807) is 48.5 Å². The number of pyridine rings is 3. The van der Waals surface area contributed by atoms with Gasteiger partial charge in [0, 0.05) is 134 Å². The Morgan fingerprint density at radius 3 is 0.785 bits per heavy atom. The van der Waals surface area contributed by atoms with Crippen LogP contribution in [0.4, 0.5) is 5.69 Å². The molecule has 0 saturated carbocycles. The Morgan fingerprint density at radius 2 is 0.477 bits per heavy atom. The molecule has 25 heteroatoms. The summed E-state index contributed by atoms with van der Waals surface area (Å²) in [6.07, 6.45) is 4.28. The quantitative estimate of drug-likeness (QED) is 0.0258. The number of hydrogen-bond donors (Lipinski definition) is 13. The van der Waals surface area contributed by atoms with Gasteiger partial charge in [0.1, 0.15) is 5.92 Å². The molecule has 2 aliphatic rings. The lowest BCUT2D eigenvalue weighted by Crippen LogP contribution is -2.67. The summed E-state index contributed by atoms with van der Waals surface area (Å²) >= 11 is 0. The van der Waals surface area contributed by atoms with Crippen LogP contribution >= 0.6 is 0 Å². The molecule has 19 aromatic rings. The van der Waals surface area contributed by atoms with Crippen molar-refractivity contribution in [3.8, 4) is 11.1 Å². The molecule has 0 bridgehead atoms. The molecule has 0 aliphatic carbocycles. The van der Waals surface area contributed by atoms with Gasteiger partial charge < -0.3 is 60.3 Å². The molecule has 2 aliphatic heterocycles. The first-order chi connectivity index (χ1) is 63.4. The molecule has 15 aromatic carbocycles. The molecular formula is C105H92B6N7O12+7. The van der Waals surface area contributed by atoms with Crippen molar-refractivity contribution in [1.29, 1.82) is 0 Å². The summed E-state index contributed by atoms with van der Waals surface area (Å²) in [4.78, 5) is 3.53. The van der Waals surface area contributed by atoms with Crippen LogP contribution in [-0.2, 0) is 39.3 Å². The maximum absolute atomic E-state index is 10.2. The third-order valence-electron chi connectivity index (χ3n) is 24.9. The van der Waals surface area contributed by atoms with E-state index in [0.29, 0.717) is 72.0 Å². The van der Waals surface area contributed by atoms with Crippen LogP contribution in [-0.4, -0.2) is 119 Å². The van der Waals surface area contributed by atoms with Gasteiger partial charge in [0.2, 0.25) is 44.5 Å². The summed E-state index contributed by atoms with van der Waals surface area (Å²) in [5.41, 5.74) is 25.5. The fourth-order valence-electron chi connectivity index (χ4n) is 18.7. The van der Waals surface area contributed by atoms with Crippen molar-refractivity contribution in [2.75, 3.05) is 0 Å². The highest BCUT2D eigenvalue weighted by molar-refractivity contribution is 6.61. The monoisotopic (exact) mass is 1710 g/mol. The van der Waals surface area contributed by atoms with Crippen LogP contribution in [0.3, 0.4) is 0 Å². The average molecular weight is 1710 g/mol. The van der Waals surface area contributed by atoms with Crippen LogP contribution in [0.5, 0.6) is 0 Å². The predicted octanol–water partition coefficient (Wildman–Crippen LogP) is 5.85. The molecule has 1 unspecified atom stereocenters. The number of allylic oxidation sites excluding steroid dienone is 1. The summed E-state index contributed by atoms with van der Waals surface area (Å²) in [6.45, 7) is 5.12. The maximum Gasteiger partial charge on any atom is 0.488 e. The number of rotatable bonds is 19. The van der Waals surface area contributed by atoms with Gasteiger partial charge in [0.25, 0.3) is 27.8 Å². The summed E-state index contributed by atoms with van der Waals surface area (Å²) in [6, 6.07) is 121. The van der Waals surface area contributed by atoms with Crippen LogP contribution in [0.1, 0.15) is 51.8 Å². The van der Waals surface area contributed by atoms with Crippen LogP contribution in [0, 0.1) is 0 Å². The van der Waals surface area contributed by atoms with Crippen molar-refractivity contribution in [3.63, 3.8) is 0 Å². The molecule has 0 radical (unpaired) electrons. The van der Waals surface area contributed by atoms with E-state index in [9.17, 15) is 60.3 Å². The van der Waals surface area contributed by atoms with Crippen molar-refractivity contribution >= 4 is 180 Å². The summed E-state index contributed by atoms with van der Waals surface area (Å²) in [5.74, 6) is 0.274. The molecule has 0 fully saturated rings. The van der Waals surface area contributed by atoms with Gasteiger partial charge in [-0.1, -0.05) is 261 Å². The Bertz CT molecular complexity index is 7120. The second-order valence-corrected chi connectivity index (χ2v) is 32.6. The van der Waals surface area contributed by atoms with Crippen molar-refractivity contribution in [2.24, 2.45) is 0 Å². The normalized spacial score (nSPS) is 12.6. The Kier molecular flexibility index (Phi) is 25.6. The fourth-order valence-corrected chi connectivity index (χ4v) is 18.7. The van der Waals surface area contributed by atoms with E-state index < -0.39 is 42.7 Å². The molecule has 21 rings (SSSR count). The Hall–Kier alpha value is -14.1. The molecule has 0 spiro atoms. The predicted molar refractivity (Wildman–Crippen MR) is 517 cm³/mol. The van der Waals surface area contributed by atoms with Crippen LogP contribution in [0.2, 0.25) is 0 Å². The summed E-state index contributed by atoms with van der Waals surface area (Å²) in [5, 5.41) is 125. The third-order valence-corrected chi connectivity index (χ3v) is 24.9. The van der Waals surface area contributed by atoms with E-state index in [2.05, 4.69) is 173 Å². The zero-order valence-corrected chi connectivity index (χ0v) is 71.2. The number of aromatic nitrogens is 5. The second kappa shape index (κ2) is 38.4. The average Bonchev–Trinajstić information content (AvgIpc) is 0.914. The fraction of sp³-hybridized carbons (Fsp3) is 0.0762. The van der Waals surface area contributed by atoms with Gasteiger partial charge in [-0.3, -0.25) is 0 Å². The SMILES string of the molecule is CC1=[N+](Cc2ccccc2B(O)O)C=CC2C1=[NH+]c1ccccc12.OB(O)c1ccccc1C[n+]1c2ccccc2[n+](Cc2ccccc2B(O)O)c2ccccc21.OB(O)c1ccccc1C[n+]1c2ccccc2c(-c2c3ccccc3[n+](Cc3ccccc3B(O)O)c3ccccc23)c2ccccc21.OB(O)c1ccccc1C[n+]1c2ccccc2cc2ccccc21. The summed E-state index contributed by atoms with van der Waals surface area (Å²) in [7, 11) is -9.17. The second-order valence-electron chi connectivity index (χ2n) is 32.6. The number of para-hydroxylation sites is 11.